The molecule has 0 aliphatic carbocycles. The van der Waals surface area contributed by atoms with Gasteiger partial charge in [-0.1, -0.05) is 6.07 Å². The van der Waals surface area contributed by atoms with Gasteiger partial charge in [0.15, 0.2) is 5.96 Å². The highest BCUT2D eigenvalue weighted by molar-refractivity contribution is 7.09. The number of nitrogens with zero attached hydrogens (tertiary/aromatic N) is 4. The van der Waals surface area contributed by atoms with E-state index in [1.165, 1.54) is 17.7 Å². The molecule has 0 amide bonds. The van der Waals surface area contributed by atoms with E-state index >= 15 is 0 Å². The van der Waals surface area contributed by atoms with Gasteiger partial charge in [0.2, 0.25) is 5.89 Å². The molecule has 1 fully saturated rings. The molecule has 0 spiro atoms. The number of likely N-dealkylation sites (tertiary alicyclic amines) is 1. The largest absolute Gasteiger partial charge is 0.444 e. The maximum atomic E-state index is 5.74. The van der Waals surface area contributed by atoms with Crippen molar-refractivity contribution in [1.82, 2.24) is 20.1 Å². The topological polar surface area (TPSA) is 56.9 Å². The van der Waals surface area contributed by atoms with Gasteiger partial charge in [0.25, 0.3) is 0 Å². The van der Waals surface area contributed by atoms with Gasteiger partial charge in [0.05, 0.1) is 12.2 Å². The third kappa shape index (κ3) is 6.57. The zero-order valence-corrected chi connectivity index (χ0v) is 19.1. The highest BCUT2D eigenvalue weighted by Crippen LogP contribution is 2.20. The number of aromatic nitrogens is 1. The van der Waals surface area contributed by atoms with E-state index in [2.05, 4.69) is 51.6 Å². The van der Waals surface area contributed by atoms with Gasteiger partial charge in [-0.2, -0.15) is 0 Å². The van der Waals surface area contributed by atoms with Gasteiger partial charge in [0, 0.05) is 31.6 Å². The molecule has 0 unspecified atom stereocenters. The van der Waals surface area contributed by atoms with Crippen molar-refractivity contribution < 1.29 is 4.42 Å². The zero-order chi connectivity index (χ0) is 20.6. The molecule has 2 aromatic heterocycles. The molecule has 0 bridgehead atoms. The van der Waals surface area contributed by atoms with E-state index in [-0.39, 0.29) is 0 Å². The first kappa shape index (κ1) is 21.8. The van der Waals surface area contributed by atoms with Crippen molar-refractivity contribution >= 4 is 17.3 Å². The molecule has 1 aliphatic heterocycles. The van der Waals surface area contributed by atoms with E-state index in [1.807, 2.05) is 25.2 Å². The number of guanidine groups is 1. The summed E-state index contributed by atoms with van der Waals surface area (Å²) >= 11 is 1.83. The lowest BCUT2D eigenvalue weighted by molar-refractivity contribution is 0.166. The average Bonchev–Trinajstić information content (AvgIpc) is 3.34. The predicted octanol–water partition coefficient (Wildman–Crippen LogP) is 3.70. The van der Waals surface area contributed by atoms with Crippen molar-refractivity contribution in [2.24, 2.45) is 10.9 Å². The highest BCUT2D eigenvalue weighted by atomic mass is 32.1. The minimum atomic E-state index is 0.652. The van der Waals surface area contributed by atoms with Crippen molar-refractivity contribution in [3.63, 3.8) is 0 Å². The van der Waals surface area contributed by atoms with Gasteiger partial charge in [-0.05, 0) is 70.5 Å². The first-order valence-electron chi connectivity index (χ1n) is 10.7. The number of oxazole rings is 1. The Kier molecular flexibility index (Phi) is 8.12. The monoisotopic (exact) mass is 417 g/mol. The molecule has 3 heterocycles. The fourth-order valence-corrected chi connectivity index (χ4v) is 4.35. The summed E-state index contributed by atoms with van der Waals surface area (Å²) in [4.78, 5) is 15.6. The molecule has 0 saturated carbocycles. The lowest BCUT2D eigenvalue weighted by Gasteiger charge is -2.30. The van der Waals surface area contributed by atoms with Crippen LogP contribution in [-0.2, 0) is 13.0 Å². The fourth-order valence-electron chi connectivity index (χ4n) is 3.65. The Balaban J connectivity index is 1.44. The minimum absolute atomic E-state index is 0.652. The molecule has 1 N–H and O–H groups in total. The summed E-state index contributed by atoms with van der Waals surface area (Å²) < 4.78 is 5.74. The second-order valence-corrected chi connectivity index (χ2v) is 8.95. The Bertz CT molecular complexity index is 743. The van der Waals surface area contributed by atoms with Crippen LogP contribution in [0.4, 0.5) is 0 Å². The van der Waals surface area contributed by atoms with Gasteiger partial charge in [-0.3, -0.25) is 9.89 Å². The summed E-state index contributed by atoms with van der Waals surface area (Å²) in [6, 6.07) is 4.33. The number of hydrogen-bond donors (Lipinski definition) is 1. The summed E-state index contributed by atoms with van der Waals surface area (Å²) in [6.07, 6.45) is 3.43. The molecule has 0 atom stereocenters. The number of thiophene rings is 1. The van der Waals surface area contributed by atoms with Crippen LogP contribution in [0, 0.1) is 19.8 Å². The molecule has 7 heteroatoms. The number of aryl methyl sites for hydroxylation is 2. The van der Waals surface area contributed by atoms with Crippen molar-refractivity contribution in [3.05, 3.63) is 39.7 Å². The zero-order valence-electron chi connectivity index (χ0n) is 18.3. The van der Waals surface area contributed by atoms with Crippen LogP contribution in [0.1, 0.15) is 42.0 Å². The number of aliphatic imine (C=N–C) groups is 1. The standard InChI is InChI=1S/C22H35N5OS/c1-5-23-22(26(4)11-10-20-7-6-14-29-20)24-15-19-8-12-27(13-9-19)16-21-25-17(2)18(3)28-21/h6-7,14,19H,5,8-13,15-16H2,1-4H3,(H,23,24). The van der Waals surface area contributed by atoms with Crippen LogP contribution in [0.5, 0.6) is 0 Å². The molecule has 3 rings (SSSR count). The van der Waals surface area contributed by atoms with E-state index in [0.29, 0.717) is 5.92 Å². The Morgan fingerprint density at radius 1 is 1.38 bits per heavy atom. The van der Waals surface area contributed by atoms with Gasteiger partial charge >= 0.3 is 0 Å². The lowest BCUT2D eigenvalue weighted by atomic mass is 9.97. The van der Waals surface area contributed by atoms with Crippen molar-refractivity contribution in [3.8, 4) is 0 Å². The highest BCUT2D eigenvalue weighted by Gasteiger charge is 2.21. The van der Waals surface area contributed by atoms with Crippen molar-refractivity contribution in [2.45, 2.75) is 46.6 Å². The molecule has 2 aromatic rings. The van der Waals surface area contributed by atoms with Crippen LogP contribution >= 0.6 is 11.3 Å². The molecule has 0 aromatic carbocycles. The Morgan fingerprint density at radius 2 is 2.17 bits per heavy atom. The molecule has 6 nitrogen and oxygen atoms in total. The normalized spacial score (nSPS) is 16.3. The maximum absolute atomic E-state index is 5.74. The summed E-state index contributed by atoms with van der Waals surface area (Å²) in [5, 5.41) is 5.59. The Morgan fingerprint density at radius 3 is 2.79 bits per heavy atom. The lowest BCUT2D eigenvalue weighted by Crippen LogP contribution is -2.40. The van der Waals surface area contributed by atoms with Gasteiger partial charge < -0.3 is 14.6 Å². The van der Waals surface area contributed by atoms with Crippen LogP contribution < -0.4 is 5.32 Å². The summed E-state index contributed by atoms with van der Waals surface area (Å²) in [7, 11) is 2.14. The second kappa shape index (κ2) is 10.8. The number of nitrogens with one attached hydrogen (secondary N) is 1. The first-order chi connectivity index (χ1) is 14.0. The summed E-state index contributed by atoms with van der Waals surface area (Å²) in [6.45, 7) is 11.9. The quantitative estimate of drug-likeness (QED) is 0.524. The predicted molar refractivity (Wildman–Crippen MR) is 121 cm³/mol. The maximum Gasteiger partial charge on any atom is 0.208 e. The van der Waals surface area contributed by atoms with E-state index in [9.17, 15) is 0 Å². The second-order valence-electron chi connectivity index (χ2n) is 7.91. The molecule has 1 aliphatic rings. The van der Waals surface area contributed by atoms with E-state index < -0.39 is 0 Å². The Hall–Kier alpha value is -1.86. The van der Waals surface area contributed by atoms with Crippen LogP contribution in [0.3, 0.4) is 0 Å². The van der Waals surface area contributed by atoms with Crippen molar-refractivity contribution in [2.75, 3.05) is 39.8 Å². The summed E-state index contributed by atoms with van der Waals surface area (Å²) in [5.41, 5.74) is 1.00. The molecular formula is C22H35N5OS. The van der Waals surface area contributed by atoms with Gasteiger partial charge in [0.1, 0.15) is 5.76 Å². The minimum Gasteiger partial charge on any atom is -0.444 e. The van der Waals surface area contributed by atoms with Crippen molar-refractivity contribution in [1.29, 1.82) is 0 Å². The number of piperidine rings is 1. The van der Waals surface area contributed by atoms with Crippen LogP contribution in [0.2, 0.25) is 0 Å². The first-order valence-corrected chi connectivity index (χ1v) is 11.6. The van der Waals surface area contributed by atoms with Gasteiger partial charge in [-0.15, -0.1) is 11.3 Å². The fraction of sp³-hybridized carbons (Fsp3) is 0.636. The number of rotatable bonds is 8. The Labute approximate surface area is 179 Å². The molecule has 160 valence electrons. The summed E-state index contributed by atoms with van der Waals surface area (Å²) in [5.74, 6) is 3.46. The SMILES string of the molecule is CCNC(=NCC1CCN(Cc2nc(C)c(C)o2)CC1)N(C)CCc1cccs1. The van der Waals surface area contributed by atoms with Crippen LogP contribution in [0.25, 0.3) is 0 Å². The van der Waals surface area contributed by atoms with E-state index in [0.717, 1.165) is 69.0 Å². The number of likely N-dealkylation sites (N-methyl/N-ethyl adjacent to an activating group) is 1. The van der Waals surface area contributed by atoms with Gasteiger partial charge in [-0.25, -0.2) is 4.98 Å². The number of hydrogen-bond acceptors (Lipinski definition) is 5. The van der Waals surface area contributed by atoms with E-state index in [4.69, 9.17) is 9.41 Å². The third-order valence-corrected chi connectivity index (χ3v) is 6.54. The third-order valence-electron chi connectivity index (χ3n) is 5.61. The average molecular weight is 418 g/mol. The smallest absolute Gasteiger partial charge is 0.208 e. The van der Waals surface area contributed by atoms with E-state index in [1.54, 1.807) is 0 Å². The van der Waals surface area contributed by atoms with Crippen LogP contribution in [-0.4, -0.2) is 60.5 Å². The molecule has 0 radical (unpaired) electrons. The molecule has 1 saturated heterocycles. The molecule has 29 heavy (non-hydrogen) atoms. The molecular weight excluding hydrogens is 382 g/mol. The van der Waals surface area contributed by atoms with Crippen LogP contribution in [0.15, 0.2) is 26.9 Å².